The third-order valence-electron chi connectivity index (χ3n) is 3.89. The lowest BCUT2D eigenvalue weighted by Crippen LogP contribution is -2.17. The fourth-order valence-corrected chi connectivity index (χ4v) is 4.91. The van der Waals surface area contributed by atoms with Crippen molar-refractivity contribution in [3.8, 4) is 10.7 Å². The van der Waals surface area contributed by atoms with Crippen LogP contribution in [0.4, 0.5) is 5.69 Å². The van der Waals surface area contributed by atoms with Crippen LogP contribution in [0.5, 0.6) is 0 Å². The zero-order chi connectivity index (χ0) is 20.3. The fourth-order valence-electron chi connectivity index (χ4n) is 2.58. The largest absolute Gasteiger partial charge is 0.325 e. The summed E-state index contributed by atoms with van der Waals surface area (Å²) in [6, 6.07) is 8.52. The number of nitrogens with one attached hydrogen (secondary N) is 1. The second-order valence-electron chi connectivity index (χ2n) is 5.89. The minimum absolute atomic E-state index is 0.00994. The van der Waals surface area contributed by atoms with Gasteiger partial charge in [0.25, 0.3) is 0 Å². The number of hydrogen-bond acceptors (Lipinski definition) is 7. The highest BCUT2D eigenvalue weighted by molar-refractivity contribution is 7.99. The molecule has 3 rings (SSSR count). The molecule has 0 saturated carbocycles. The highest BCUT2D eigenvalue weighted by Gasteiger charge is 2.16. The Kier molecular flexibility index (Phi) is 6.18. The molecule has 148 valence electrons. The van der Waals surface area contributed by atoms with Crippen molar-refractivity contribution >= 4 is 44.7 Å². The summed E-state index contributed by atoms with van der Waals surface area (Å²) in [5, 5.41) is 18.9. The molecule has 0 aliphatic heterocycles. The normalized spacial score (nSPS) is 11.5. The Hall–Kier alpha value is -2.21. The molecule has 0 bridgehead atoms. The van der Waals surface area contributed by atoms with Crippen molar-refractivity contribution in [3.05, 3.63) is 41.3 Å². The van der Waals surface area contributed by atoms with Gasteiger partial charge in [-0.15, -0.1) is 21.5 Å². The first-order chi connectivity index (χ1) is 13.3. The number of sulfonamides is 1. The average molecular weight is 438 g/mol. The van der Waals surface area contributed by atoms with Crippen LogP contribution in [0.2, 0.25) is 0 Å². The average Bonchev–Trinajstić information content (AvgIpc) is 3.29. The minimum atomic E-state index is -3.85. The summed E-state index contributed by atoms with van der Waals surface area (Å²) in [6.07, 6.45) is 0. The van der Waals surface area contributed by atoms with Crippen LogP contribution >= 0.6 is 23.1 Å². The van der Waals surface area contributed by atoms with Crippen LogP contribution in [0.1, 0.15) is 12.5 Å². The maximum atomic E-state index is 12.3. The molecule has 0 aliphatic carbocycles. The molecule has 8 nitrogen and oxygen atoms in total. The topological polar surface area (TPSA) is 120 Å². The Labute approximate surface area is 171 Å². The van der Waals surface area contributed by atoms with Gasteiger partial charge in [0.15, 0.2) is 11.0 Å². The van der Waals surface area contributed by atoms with Gasteiger partial charge < -0.3 is 9.88 Å². The maximum absolute atomic E-state index is 12.3. The molecular formula is C17H19N5O3S3. The summed E-state index contributed by atoms with van der Waals surface area (Å²) in [7, 11) is -3.85. The summed E-state index contributed by atoms with van der Waals surface area (Å²) in [6.45, 7) is 4.31. The van der Waals surface area contributed by atoms with E-state index in [9.17, 15) is 13.2 Å². The lowest BCUT2D eigenvalue weighted by molar-refractivity contribution is -0.113. The number of nitrogens with two attached hydrogens (primary N) is 1. The van der Waals surface area contributed by atoms with Gasteiger partial charge in [0, 0.05) is 12.2 Å². The summed E-state index contributed by atoms with van der Waals surface area (Å²) in [4.78, 5) is 13.3. The smallest absolute Gasteiger partial charge is 0.238 e. The number of carbonyl (C=O) groups is 1. The SMILES string of the molecule is CCn1c(SCC(=O)Nc2ccc(C)c(S(N)(=O)=O)c2)nnc1-c1cccs1. The Morgan fingerprint density at radius 2 is 2.11 bits per heavy atom. The molecule has 0 aliphatic rings. The minimum Gasteiger partial charge on any atom is -0.325 e. The number of aryl methyl sites for hydroxylation is 1. The van der Waals surface area contributed by atoms with Crippen molar-refractivity contribution in [1.82, 2.24) is 14.8 Å². The van der Waals surface area contributed by atoms with Crippen molar-refractivity contribution in [3.63, 3.8) is 0 Å². The number of nitrogens with zero attached hydrogens (tertiary/aromatic N) is 3. The van der Waals surface area contributed by atoms with E-state index in [1.54, 1.807) is 30.4 Å². The van der Waals surface area contributed by atoms with Crippen LogP contribution < -0.4 is 10.5 Å². The lowest BCUT2D eigenvalue weighted by atomic mass is 10.2. The van der Waals surface area contributed by atoms with E-state index in [-0.39, 0.29) is 16.6 Å². The van der Waals surface area contributed by atoms with E-state index in [1.165, 1.54) is 17.8 Å². The molecule has 2 aromatic heterocycles. The zero-order valence-corrected chi connectivity index (χ0v) is 17.7. The van der Waals surface area contributed by atoms with E-state index in [4.69, 9.17) is 5.14 Å². The molecule has 0 radical (unpaired) electrons. The predicted octanol–water partition coefficient (Wildman–Crippen LogP) is 2.71. The Bertz CT molecular complexity index is 1090. The number of carbonyl (C=O) groups excluding carboxylic acids is 1. The van der Waals surface area contributed by atoms with Gasteiger partial charge in [0.2, 0.25) is 15.9 Å². The number of benzene rings is 1. The molecule has 3 N–H and O–H groups in total. The second-order valence-corrected chi connectivity index (χ2v) is 9.31. The van der Waals surface area contributed by atoms with E-state index in [2.05, 4.69) is 15.5 Å². The van der Waals surface area contributed by atoms with Crippen molar-refractivity contribution in [2.24, 2.45) is 5.14 Å². The van der Waals surface area contributed by atoms with Crippen LogP contribution in [-0.2, 0) is 21.4 Å². The molecule has 0 unspecified atom stereocenters. The van der Waals surface area contributed by atoms with E-state index < -0.39 is 10.0 Å². The highest BCUT2D eigenvalue weighted by atomic mass is 32.2. The van der Waals surface area contributed by atoms with Gasteiger partial charge in [-0.25, -0.2) is 13.6 Å². The number of rotatable bonds is 7. The molecular weight excluding hydrogens is 418 g/mol. The second kappa shape index (κ2) is 8.43. The first-order valence-electron chi connectivity index (χ1n) is 8.32. The molecule has 2 heterocycles. The number of amides is 1. The van der Waals surface area contributed by atoms with Crippen molar-refractivity contribution < 1.29 is 13.2 Å². The highest BCUT2D eigenvalue weighted by Crippen LogP contribution is 2.27. The van der Waals surface area contributed by atoms with E-state index >= 15 is 0 Å². The first kappa shape index (κ1) is 20.5. The third kappa shape index (κ3) is 4.61. The van der Waals surface area contributed by atoms with Gasteiger partial charge in [-0.3, -0.25) is 4.79 Å². The van der Waals surface area contributed by atoms with Gasteiger partial charge >= 0.3 is 0 Å². The molecule has 1 aromatic carbocycles. The monoisotopic (exact) mass is 437 g/mol. The summed E-state index contributed by atoms with van der Waals surface area (Å²) < 4.78 is 25.2. The van der Waals surface area contributed by atoms with Crippen LogP contribution in [0.25, 0.3) is 10.7 Å². The number of hydrogen-bond donors (Lipinski definition) is 2. The summed E-state index contributed by atoms with van der Waals surface area (Å²) in [5.41, 5.74) is 0.892. The van der Waals surface area contributed by atoms with Crippen LogP contribution in [-0.4, -0.2) is 34.8 Å². The molecule has 1 amide bonds. The van der Waals surface area contributed by atoms with Gasteiger partial charge in [-0.2, -0.15) is 0 Å². The number of anilines is 1. The summed E-state index contributed by atoms with van der Waals surface area (Å²) >= 11 is 2.85. The molecule has 0 fully saturated rings. The van der Waals surface area contributed by atoms with Gasteiger partial charge in [-0.05, 0) is 43.0 Å². The van der Waals surface area contributed by atoms with E-state index in [1.807, 2.05) is 29.0 Å². The maximum Gasteiger partial charge on any atom is 0.238 e. The molecule has 0 atom stereocenters. The van der Waals surface area contributed by atoms with E-state index in [0.717, 1.165) is 10.7 Å². The molecule has 0 saturated heterocycles. The zero-order valence-electron chi connectivity index (χ0n) is 15.2. The number of primary sulfonamides is 1. The first-order valence-corrected chi connectivity index (χ1v) is 11.7. The lowest BCUT2D eigenvalue weighted by Gasteiger charge is -2.09. The Morgan fingerprint density at radius 1 is 1.32 bits per heavy atom. The van der Waals surface area contributed by atoms with Crippen molar-refractivity contribution in [1.29, 1.82) is 0 Å². The number of thiophene rings is 1. The summed E-state index contributed by atoms with van der Waals surface area (Å²) in [5.74, 6) is 0.607. The quantitative estimate of drug-likeness (QED) is 0.548. The van der Waals surface area contributed by atoms with Crippen LogP contribution in [0, 0.1) is 6.92 Å². The van der Waals surface area contributed by atoms with Gasteiger partial charge in [0.05, 0.1) is 15.5 Å². The van der Waals surface area contributed by atoms with E-state index in [0.29, 0.717) is 23.0 Å². The molecule has 0 spiro atoms. The predicted molar refractivity (Wildman–Crippen MR) is 111 cm³/mol. The number of thioether (sulfide) groups is 1. The third-order valence-corrected chi connectivity index (χ3v) is 6.77. The Balaban J connectivity index is 1.69. The molecule has 3 aromatic rings. The fraction of sp³-hybridized carbons (Fsp3) is 0.235. The van der Waals surface area contributed by atoms with Gasteiger partial charge in [-0.1, -0.05) is 23.9 Å². The number of aromatic nitrogens is 3. The standard InChI is InChI=1S/C17H19N5O3S3/c1-3-22-16(13-5-4-8-26-13)20-21-17(22)27-10-15(23)19-12-7-6-11(2)14(9-12)28(18,24)25/h4-9H,3,10H2,1-2H3,(H,19,23)(H2,18,24,25). The Morgan fingerprint density at radius 3 is 2.75 bits per heavy atom. The van der Waals surface area contributed by atoms with Crippen LogP contribution in [0.15, 0.2) is 45.8 Å². The molecule has 28 heavy (non-hydrogen) atoms. The van der Waals surface area contributed by atoms with Gasteiger partial charge in [0.1, 0.15) is 0 Å². The van der Waals surface area contributed by atoms with Crippen LogP contribution in [0.3, 0.4) is 0 Å². The molecule has 11 heteroatoms. The van der Waals surface area contributed by atoms with Crippen molar-refractivity contribution in [2.45, 2.75) is 30.4 Å². The van der Waals surface area contributed by atoms with Crippen molar-refractivity contribution in [2.75, 3.05) is 11.1 Å².